The number of aromatic nitrogens is 1. The maximum Gasteiger partial charge on any atom is 0.272 e. The van der Waals surface area contributed by atoms with Gasteiger partial charge in [-0.1, -0.05) is 96.0 Å². The Labute approximate surface area is 325 Å². The lowest BCUT2D eigenvalue weighted by Crippen LogP contribution is -2.30. The lowest BCUT2D eigenvalue weighted by Gasteiger charge is -2.17. The van der Waals surface area contributed by atoms with E-state index in [0.717, 1.165) is 16.0 Å². The van der Waals surface area contributed by atoms with Crippen molar-refractivity contribution < 1.29 is 19.1 Å². The van der Waals surface area contributed by atoms with E-state index in [2.05, 4.69) is 20.9 Å². The Morgan fingerprint density at radius 3 is 2.28 bits per heavy atom. The van der Waals surface area contributed by atoms with Crippen LogP contribution in [0.3, 0.4) is 0 Å². The first-order valence-electron chi connectivity index (χ1n) is 16.4. The number of benzene rings is 5. The van der Waals surface area contributed by atoms with E-state index >= 15 is 0 Å². The second kappa shape index (κ2) is 17.9. The summed E-state index contributed by atoms with van der Waals surface area (Å²) in [6.45, 7) is 2.43. The zero-order valence-electron chi connectivity index (χ0n) is 28.2. The molecule has 0 aliphatic rings. The van der Waals surface area contributed by atoms with Crippen molar-refractivity contribution in [2.24, 2.45) is 0 Å². The first kappa shape index (κ1) is 37.4. The Hall–Kier alpha value is -5.39. The van der Waals surface area contributed by atoms with Crippen LogP contribution >= 0.6 is 46.3 Å². The largest absolute Gasteiger partial charge is 0.494 e. The Balaban J connectivity index is 1.21. The van der Waals surface area contributed by atoms with Crippen LogP contribution in [0.25, 0.3) is 17.3 Å². The van der Waals surface area contributed by atoms with Gasteiger partial charge in [0.15, 0.2) is 5.13 Å². The monoisotopic (exact) mass is 778 g/mol. The molecule has 53 heavy (non-hydrogen) atoms. The summed E-state index contributed by atoms with van der Waals surface area (Å²) in [6.07, 6.45) is 1.60. The third-order valence-electron chi connectivity index (χ3n) is 7.67. The van der Waals surface area contributed by atoms with Crippen molar-refractivity contribution in [3.05, 3.63) is 165 Å². The molecular weight excluding hydrogens is 748 g/mol. The molecule has 6 aromatic rings. The van der Waals surface area contributed by atoms with Crippen LogP contribution in [0.4, 0.5) is 10.8 Å². The molecule has 0 aliphatic heterocycles. The molecule has 266 valence electrons. The lowest BCUT2D eigenvalue weighted by atomic mass is 10.1. The van der Waals surface area contributed by atoms with E-state index in [1.807, 2.05) is 60.8 Å². The highest BCUT2D eigenvalue weighted by Crippen LogP contribution is 2.38. The quantitative estimate of drug-likeness (QED) is 0.0796. The smallest absolute Gasteiger partial charge is 0.272 e. The molecule has 12 heteroatoms. The van der Waals surface area contributed by atoms with Crippen LogP contribution in [0.2, 0.25) is 10.0 Å². The molecule has 3 N–H and O–H groups in total. The highest BCUT2D eigenvalue weighted by molar-refractivity contribution is 8.00. The Bertz CT molecular complexity index is 2250. The fourth-order valence-corrected chi connectivity index (χ4v) is 7.21. The number of halogens is 2. The highest BCUT2D eigenvalue weighted by Gasteiger charge is 2.24. The van der Waals surface area contributed by atoms with Crippen LogP contribution in [-0.4, -0.2) is 29.3 Å². The van der Waals surface area contributed by atoms with Crippen molar-refractivity contribution in [3.63, 3.8) is 0 Å². The summed E-state index contributed by atoms with van der Waals surface area (Å²) in [5, 5.41) is 11.1. The Morgan fingerprint density at radius 2 is 1.57 bits per heavy atom. The maximum absolute atomic E-state index is 13.8. The van der Waals surface area contributed by atoms with Gasteiger partial charge in [0.25, 0.3) is 11.8 Å². The van der Waals surface area contributed by atoms with E-state index in [1.165, 1.54) is 23.1 Å². The molecule has 0 aliphatic carbocycles. The van der Waals surface area contributed by atoms with Crippen LogP contribution in [0.5, 0.6) is 5.75 Å². The number of rotatable bonds is 13. The first-order valence-corrected chi connectivity index (χ1v) is 18.9. The molecular formula is C41H32Cl2N4O4S2. The average Bonchev–Trinajstić information content (AvgIpc) is 3.64. The van der Waals surface area contributed by atoms with Gasteiger partial charge in [0, 0.05) is 27.1 Å². The minimum Gasteiger partial charge on any atom is -0.494 e. The predicted octanol–water partition coefficient (Wildman–Crippen LogP) is 10.4. The van der Waals surface area contributed by atoms with Crippen LogP contribution < -0.4 is 20.7 Å². The van der Waals surface area contributed by atoms with Crippen LogP contribution in [-0.2, 0) is 9.59 Å². The van der Waals surface area contributed by atoms with E-state index in [-0.39, 0.29) is 11.6 Å². The van der Waals surface area contributed by atoms with Crippen molar-refractivity contribution >= 4 is 80.9 Å². The summed E-state index contributed by atoms with van der Waals surface area (Å²) in [5.41, 5.74) is 3.85. The Morgan fingerprint density at radius 1 is 0.830 bits per heavy atom. The SMILES string of the molecule is CCOc1ccc(/C=C(/NC(=O)c2ccccc2)C(=O)Nc2cccc(SC(C(=O)Nc3nc(-c4ccc(Cl)c(Cl)c4)cs3)c3ccccc3)c2)cc1. The highest BCUT2D eigenvalue weighted by atomic mass is 35.5. The number of nitrogens with zero attached hydrogens (tertiary/aromatic N) is 1. The van der Waals surface area contributed by atoms with Gasteiger partial charge in [-0.05, 0) is 78.7 Å². The molecule has 0 spiro atoms. The van der Waals surface area contributed by atoms with Gasteiger partial charge in [0.1, 0.15) is 16.7 Å². The standard InChI is InChI=1S/C41H32Cl2N4O4S2/c1-2-51-31-19-16-26(17-20-31)22-35(45-38(48)28-12-7-4-8-13-28)39(49)44-30-14-9-15-32(24-30)53-37(27-10-5-3-6-11-27)40(50)47-41-46-36(25-52-41)29-18-21-33(42)34(43)23-29/h3-25,37H,2H2,1H3,(H,44,49)(H,45,48)(H,46,47,50)/b35-22+. The normalized spacial score (nSPS) is 11.7. The number of thiazole rings is 1. The number of amides is 3. The molecule has 0 radical (unpaired) electrons. The van der Waals surface area contributed by atoms with E-state index in [0.29, 0.717) is 50.0 Å². The molecule has 3 amide bonds. The molecule has 0 saturated carbocycles. The van der Waals surface area contributed by atoms with Crippen molar-refractivity contribution in [1.29, 1.82) is 0 Å². The van der Waals surface area contributed by atoms with Gasteiger partial charge in [0.05, 0.1) is 22.3 Å². The van der Waals surface area contributed by atoms with Crippen LogP contribution in [0.15, 0.2) is 143 Å². The molecule has 0 fully saturated rings. The summed E-state index contributed by atoms with van der Waals surface area (Å²) < 4.78 is 5.54. The zero-order chi connectivity index (χ0) is 37.2. The van der Waals surface area contributed by atoms with Gasteiger partial charge in [-0.15, -0.1) is 23.1 Å². The number of nitrogens with one attached hydrogen (secondary N) is 3. The third kappa shape index (κ3) is 10.1. The van der Waals surface area contributed by atoms with Crippen molar-refractivity contribution in [2.45, 2.75) is 17.1 Å². The third-order valence-corrected chi connectivity index (χ3v) is 10.4. The maximum atomic E-state index is 13.8. The fourth-order valence-electron chi connectivity index (χ4n) is 5.11. The summed E-state index contributed by atoms with van der Waals surface area (Å²) in [4.78, 5) is 46.1. The van der Waals surface area contributed by atoms with Crippen molar-refractivity contribution in [2.75, 3.05) is 17.2 Å². The minimum absolute atomic E-state index is 0.0475. The number of ether oxygens (including phenoxy) is 1. The van der Waals surface area contributed by atoms with Gasteiger partial charge in [-0.25, -0.2) is 4.98 Å². The lowest BCUT2D eigenvalue weighted by molar-refractivity contribution is -0.116. The molecule has 0 saturated heterocycles. The molecule has 5 aromatic carbocycles. The molecule has 0 bridgehead atoms. The minimum atomic E-state index is -0.653. The summed E-state index contributed by atoms with van der Waals surface area (Å²) in [6, 6.07) is 37.7. The zero-order valence-corrected chi connectivity index (χ0v) is 31.4. The van der Waals surface area contributed by atoms with Gasteiger partial charge in [0.2, 0.25) is 5.91 Å². The van der Waals surface area contributed by atoms with Crippen molar-refractivity contribution in [1.82, 2.24) is 10.3 Å². The van der Waals surface area contributed by atoms with Crippen molar-refractivity contribution in [3.8, 4) is 17.0 Å². The topological polar surface area (TPSA) is 109 Å². The van der Waals surface area contributed by atoms with Crippen LogP contribution in [0, 0.1) is 0 Å². The van der Waals surface area contributed by atoms with E-state index in [9.17, 15) is 14.4 Å². The molecule has 1 heterocycles. The van der Waals surface area contributed by atoms with E-state index in [4.69, 9.17) is 27.9 Å². The van der Waals surface area contributed by atoms with E-state index in [1.54, 1.807) is 84.9 Å². The van der Waals surface area contributed by atoms with Gasteiger partial charge in [-0.2, -0.15) is 0 Å². The first-order chi connectivity index (χ1) is 25.7. The number of carbonyl (C=O) groups is 3. The molecule has 8 nitrogen and oxygen atoms in total. The van der Waals surface area contributed by atoms with E-state index < -0.39 is 17.1 Å². The molecule has 1 unspecified atom stereocenters. The number of hydrogen-bond acceptors (Lipinski definition) is 7. The molecule has 1 aromatic heterocycles. The Kier molecular flexibility index (Phi) is 12.6. The number of hydrogen-bond donors (Lipinski definition) is 3. The summed E-state index contributed by atoms with van der Waals surface area (Å²) >= 11 is 14.9. The fraction of sp³-hybridized carbons (Fsp3) is 0.0732. The number of carbonyl (C=O) groups excluding carboxylic acids is 3. The predicted molar refractivity (Wildman–Crippen MR) is 216 cm³/mol. The summed E-state index contributed by atoms with van der Waals surface area (Å²) in [7, 11) is 0. The second-order valence-corrected chi connectivity index (χ2v) is 14.3. The molecule has 1 atom stereocenters. The molecule has 6 rings (SSSR count). The van der Waals surface area contributed by atoms with Gasteiger partial charge >= 0.3 is 0 Å². The van der Waals surface area contributed by atoms with Gasteiger partial charge in [-0.3, -0.25) is 14.4 Å². The number of anilines is 2. The summed E-state index contributed by atoms with van der Waals surface area (Å²) in [5.74, 6) is -0.525. The van der Waals surface area contributed by atoms with Gasteiger partial charge < -0.3 is 20.7 Å². The second-order valence-electron chi connectivity index (χ2n) is 11.4. The number of thioether (sulfide) groups is 1. The average molecular weight is 780 g/mol. The van der Waals surface area contributed by atoms with Crippen LogP contribution in [0.1, 0.15) is 33.7 Å².